The van der Waals surface area contributed by atoms with Crippen LogP contribution in [-0.4, -0.2) is 94.3 Å². The quantitative estimate of drug-likeness (QED) is 0.520. The summed E-state index contributed by atoms with van der Waals surface area (Å²) < 4.78 is 16.3. The monoisotopic (exact) mass is 381 g/mol. The van der Waals surface area contributed by atoms with E-state index in [0.29, 0.717) is 24.7 Å². The van der Waals surface area contributed by atoms with Gasteiger partial charge in [0.25, 0.3) is 0 Å². The highest BCUT2D eigenvalue weighted by Gasteiger charge is 2.19. The molecule has 154 valence electrons. The maximum absolute atomic E-state index is 10.3. The number of methoxy groups -OCH3 is 2. The molecule has 0 radical (unpaired) electrons. The van der Waals surface area contributed by atoms with Crippen LogP contribution in [0.4, 0.5) is 0 Å². The molecule has 1 atom stereocenters. The number of hydrogen-bond acceptors (Lipinski definition) is 7. The molecular formula is C20H35N3O4. The van der Waals surface area contributed by atoms with E-state index < -0.39 is 6.10 Å². The number of ether oxygens (including phenoxy) is 3. The normalized spacial score (nSPS) is 17.0. The van der Waals surface area contributed by atoms with Crippen molar-refractivity contribution in [3.05, 3.63) is 23.8 Å². The van der Waals surface area contributed by atoms with Gasteiger partial charge in [0, 0.05) is 52.9 Å². The van der Waals surface area contributed by atoms with Crippen LogP contribution in [0.25, 0.3) is 0 Å². The standard InChI is InChI=1S/C20H35N3O4/c1-4-22-8-10-23(11-9-22)15-18(24)16-27-19-6-5-17(13-20(19)26-3)14-21-7-12-25-2/h5-6,13,18,21,24H,4,7-12,14-16H2,1-3H3/t18-/m0/s1. The zero-order valence-corrected chi connectivity index (χ0v) is 16.9. The van der Waals surface area contributed by atoms with Gasteiger partial charge < -0.3 is 29.5 Å². The van der Waals surface area contributed by atoms with Crippen LogP contribution in [0.1, 0.15) is 12.5 Å². The minimum absolute atomic E-state index is 0.260. The van der Waals surface area contributed by atoms with Crippen molar-refractivity contribution in [1.29, 1.82) is 0 Å². The Morgan fingerprint density at radius 3 is 2.52 bits per heavy atom. The zero-order valence-electron chi connectivity index (χ0n) is 16.9. The van der Waals surface area contributed by atoms with E-state index in [-0.39, 0.29) is 6.61 Å². The fraction of sp³-hybridized carbons (Fsp3) is 0.700. The fourth-order valence-electron chi connectivity index (χ4n) is 3.17. The molecule has 1 aliphatic heterocycles. The Morgan fingerprint density at radius 1 is 1.11 bits per heavy atom. The third kappa shape index (κ3) is 7.63. The molecule has 0 bridgehead atoms. The van der Waals surface area contributed by atoms with Crippen molar-refractivity contribution in [2.75, 3.05) is 73.2 Å². The van der Waals surface area contributed by atoms with Crippen LogP contribution >= 0.6 is 0 Å². The summed E-state index contributed by atoms with van der Waals surface area (Å²) in [6.45, 7) is 10.5. The Balaban J connectivity index is 1.77. The molecule has 0 aliphatic carbocycles. The second-order valence-corrected chi connectivity index (χ2v) is 6.85. The van der Waals surface area contributed by atoms with Gasteiger partial charge in [0.05, 0.1) is 13.7 Å². The first-order valence-corrected chi connectivity index (χ1v) is 9.78. The van der Waals surface area contributed by atoms with Crippen LogP contribution in [0.5, 0.6) is 11.5 Å². The number of benzene rings is 1. The number of nitrogens with one attached hydrogen (secondary N) is 1. The Hall–Kier alpha value is -1.38. The summed E-state index contributed by atoms with van der Waals surface area (Å²) >= 11 is 0. The van der Waals surface area contributed by atoms with E-state index >= 15 is 0 Å². The van der Waals surface area contributed by atoms with Crippen molar-refractivity contribution in [2.45, 2.75) is 19.6 Å². The largest absolute Gasteiger partial charge is 0.493 e. The fourth-order valence-corrected chi connectivity index (χ4v) is 3.17. The van der Waals surface area contributed by atoms with Gasteiger partial charge >= 0.3 is 0 Å². The van der Waals surface area contributed by atoms with E-state index in [4.69, 9.17) is 14.2 Å². The second-order valence-electron chi connectivity index (χ2n) is 6.85. The van der Waals surface area contributed by atoms with Crippen LogP contribution in [0.3, 0.4) is 0 Å². The highest BCUT2D eigenvalue weighted by atomic mass is 16.5. The average Bonchev–Trinajstić information content (AvgIpc) is 2.70. The molecule has 2 N–H and O–H groups in total. The van der Waals surface area contributed by atoms with Crippen LogP contribution in [0.2, 0.25) is 0 Å². The smallest absolute Gasteiger partial charge is 0.161 e. The minimum atomic E-state index is -0.515. The van der Waals surface area contributed by atoms with Gasteiger partial charge in [0.2, 0.25) is 0 Å². The van der Waals surface area contributed by atoms with Gasteiger partial charge in [-0.2, -0.15) is 0 Å². The third-order valence-electron chi connectivity index (χ3n) is 4.85. The molecule has 2 rings (SSSR count). The molecule has 1 saturated heterocycles. The number of aliphatic hydroxyl groups excluding tert-OH is 1. The molecule has 0 spiro atoms. The van der Waals surface area contributed by atoms with E-state index in [1.807, 2.05) is 18.2 Å². The van der Waals surface area contributed by atoms with Crippen LogP contribution < -0.4 is 14.8 Å². The third-order valence-corrected chi connectivity index (χ3v) is 4.85. The van der Waals surface area contributed by atoms with E-state index in [9.17, 15) is 5.11 Å². The molecule has 1 heterocycles. The van der Waals surface area contributed by atoms with E-state index in [1.54, 1.807) is 14.2 Å². The molecule has 0 saturated carbocycles. The Bertz CT molecular complexity index is 536. The van der Waals surface area contributed by atoms with E-state index in [0.717, 1.165) is 51.4 Å². The Morgan fingerprint density at radius 2 is 1.85 bits per heavy atom. The molecule has 7 heteroatoms. The van der Waals surface area contributed by atoms with Crippen LogP contribution in [0, 0.1) is 0 Å². The van der Waals surface area contributed by atoms with Crippen LogP contribution in [-0.2, 0) is 11.3 Å². The number of rotatable bonds is 12. The summed E-state index contributed by atoms with van der Waals surface area (Å²) in [5.41, 5.74) is 1.12. The number of nitrogens with zero attached hydrogens (tertiary/aromatic N) is 2. The minimum Gasteiger partial charge on any atom is -0.493 e. The molecule has 7 nitrogen and oxygen atoms in total. The van der Waals surface area contributed by atoms with Gasteiger partial charge in [-0.3, -0.25) is 4.90 Å². The predicted molar refractivity (Wildman–Crippen MR) is 107 cm³/mol. The number of aliphatic hydroxyl groups is 1. The Labute approximate surface area is 163 Å². The van der Waals surface area contributed by atoms with E-state index in [1.165, 1.54) is 0 Å². The van der Waals surface area contributed by atoms with Crippen molar-refractivity contribution in [3.8, 4) is 11.5 Å². The van der Waals surface area contributed by atoms with Crippen molar-refractivity contribution in [2.24, 2.45) is 0 Å². The summed E-state index contributed by atoms with van der Waals surface area (Å²) in [7, 11) is 3.32. The molecule has 1 aliphatic rings. The van der Waals surface area contributed by atoms with Gasteiger partial charge in [-0.15, -0.1) is 0 Å². The lowest BCUT2D eigenvalue weighted by molar-refractivity contribution is 0.0464. The summed E-state index contributed by atoms with van der Waals surface area (Å²) in [6, 6.07) is 5.87. The summed E-state index contributed by atoms with van der Waals surface area (Å²) in [6.07, 6.45) is -0.515. The van der Waals surface area contributed by atoms with Crippen molar-refractivity contribution in [3.63, 3.8) is 0 Å². The molecule has 1 aromatic carbocycles. The van der Waals surface area contributed by atoms with Gasteiger partial charge in [0.1, 0.15) is 12.7 Å². The highest BCUT2D eigenvalue weighted by Crippen LogP contribution is 2.28. The SMILES string of the molecule is CCN1CCN(C[C@H](O)COc2ccc(CNCCOC)cc2OC)CC1. The first-order chi connectivity index (χ1) is 13.2. The number of piperazine rings is 1. The zero-order chi connectivity index (χ0) is 19.5. The molecule has 1 aromatic rings. The number of hydrogen-bond donors (Lipinski definition) is 2. The van der Waals surface area contributed by atoms with Gasteiger partial charge in [-0.05, 0) is 24.2 Å². The summed E-state index contributed by atoms with van der Waals surface area (Å²) in [5, 5.41) is 13.6. The Kier molecular flexibility index (Phi) is 9.86. The number of likely N-dealkylation sites (N-methyl/N-ethyl adjacent to an activating group) is 1. The van der Waals surface area contributed by atoms with Crippen molar-refractivity contribution < 1.29 is 19.3 Å². The maximum atomic E-state index is 10.3. The van der Waals surface area contributed by atoms with E-state index in [2.05, 4.69) is 22.0 Å². The maximum Gasteiger partial charge on any atom is 0.161 e. The molecule has 27 heavy (non-hydrogen) atoms. The lowest BCUT2D eigenvalue weighted by Gasteiger charge is -2.34. The lowest BCUT2D eigenvalue weighted by Crippen LogP contribution is -2.49. The van der Waals surface area contributed by atoms with Gasteiger partial charge in [-0.25, -0.2) is 0 Å². The molecule has 0 unspecified atom stereocenters. The molecule has 1 fully saturated rings. The predicted octanol–water partition coefficient (Wildman–Crippen LogP) is 0.808. The molecular weight excluding hydrogens is 346 g/mol. The summed E-state index contributed by atoms with van der Waals surface area (Å²) in [4.78, 5) is 4.72. The molecule has 0 aromatic heterocycles. The number of β-amino-alcohol motifs (C(OH)–C–C–N with tert-alkyl or cyclic N) is 1. The highest BCUT2D eigenvalue weighted by molar-refractivity contribution is 5.43. The first-order valence-electron chi connectivity index (χ1n) is 9.78. The van der Waals surface area contributed by atoms with Crippen molar-refractivity contribution >= 4 is 0 Å². The topological polar surface area (TPSA) is 66.4 Å². The summed E-state index contributed by atoms with van der Waals surface area (Å²) in [5.74, 6) is 1.35. The van der Waals surface area contributed by atoms with Gasteiger partial charge in [0.15, 0.2) is 11.5 Å². The van der Waals surface area contributed by atoms with Crippen molar-refractivity contribution in [1.82, 2.24) is 15.1 Å². The van der Waals surface area contributed by atoms with Gasteiger partial charge in [-0.1, -0.05) is 13.0 Å². The average molecular weight is 382 g/mol. The first kappa shape index (κ1) is 21.9. The lowest BCUT2D eigenvalue weighted by atomic mass is 10.2. The van der Waals surface area contributed by atoms with Crippen LogP contribution in [0.15, 0.2) is 18.2 Å². The molecule has 0 amide bonds. The second kappa shape index (κ2) is 12.2.